The Bertz CT molecular complexity index is 766. The van der Waals surface area contributed by atoms with Crippen molar-refractivity contribution in [2.45, 2.75) is 18.6 Å². The van der Waals surface area contributed by atoms with Gasteiger partial charge >= 0.3 is 11.9 Å². The van der Waals surface area contributed by atoms with E-state index >= 15 is 0 Å². The number of ether oxygens (including phenoxy) is 1. The average Bonchev–Trinajstić information content (AvgIpc) is 2.86. The second-order valence-electron chi connectivity index (χ2n) is 4.77. The smallest absolute Gasteiger partial charge is 0.340 e. The molecule has 1 unspecified atom stereocenters. The van der Waals surface area contributed by atoms with Crippen molar-refractivity contribution in [1.82, 2.24) is 5.32 Å². The molecule has 10 heteroatoms. The molecule has 1 amide bonds. The zero-order valence-corrected chi connectivity index (χ0v) is 14.6. The van der Waals surface area contributed by atoms with E-state index in [1.807, 2.05) is 0 Å². The first-order valence-corrected chi connectivity index (χ1v) is 8.44. The Morgan fingerprint density at radius 3 is 2.92 bits per heavy atom. The van der Waals surface area contributed by atoms with Crippen molar-refractivity contribution < 1.29 is 24.2 Å². The molecule has 0 saturated carbocycles. The predicted octanol–water partition coefficient (Wildman–Crippen LogP) is 1.91. The summed E-state index contributed by atoms with van der Waals surface area (Å²) < 4.78 is 4.96. The van der Waals surface area contributed by atoms with Crippen LogP contribution in [0.3, 0.4) is 0 Å². The van der Waals surface area contributed by atoms with Gasteiger partial charge in [-0.2, -0.15) is 5.10 Å². The number of carbonyl (C=O) groups excluding carboxylic acids is 2. The van der Waals surface area contributed by atoms with Crippen LogP contribution in [0.15, 0.2) is 28.4 Å². The molecule has 0 aromatic heterocycles. The molecule has 1 atom stereocenters. The minimum absolute atomic E-state index is 0.168. The fraction of sp³-hybridized carbons (Fsp3) is 0.267. The first-order valence-electron chi connectivity index (χ1n) is 7.18. The summed E-state index contributed by atoms with van der Waals surface area (Å²) in [6.45, 7) is 1.89. The Hall–Kier alpha value is -2.39. The number of amidine groups is 1. The highest BCUT2D eigenvalue weighted by molar-refractivity contribution is 8.15. The van der Waals surface area contributed by atoms with E-state index in [2.05, 4.69) is 15.5 Å². The van der Waals surface area contributed by atoms with Crippen LogP contribution >= 0.6 is 23.4 Å². The monoisotopic (exact) mass is 383 g/mol. The van der Waals surface area contributed by atoms with Gasteiger partial charge in [0.1, 0.15) is 5.25 Å². The molecule has 1 heterocycles. The van der Waals surface area contributed by atoms with Gasteiger partial charge in [-0.3, -0.25) is 9.59 Å². The van der Waals surface area contributed by atoms with Crippen LogP contribution in [-0.4, -0.2) is 46.2 Å². The van der Waals surface area contributed by atoms with Crippen LogP contribution in [0.2, 0.25) is 5.02 Å². The van der Waals surface area contributed by atoms with Crippen LogP contribution in [0.5, 0.6) is 0 Å². The number of benzene rings is 1. The molecule has 1 aromatic carbocycles. The highest BCUT2D eigenvalue weighted by atomic mass is 35.5. The molecule has 1 saturated heterocycles. The van der Waals surface area contributed by atoms with Crippen LogP contribution in [-0.2, 0) is 14.3 Å². The molecule has 1 aliphatic rings. The topological polar surface area (TPSA) is 117 Å². The SMILES string of the molecule is CCOC(=O)c1c(Cl)cccc1C=NN=C1NC(=O)C(CC(=O)O)S1. The summed E-state index contributed by atoms with van der Waals surface area (Å²) >= 11 is 7.02. The summed E-state index contributed by atoms with van der Waals surface area (Å²) in [6, 6.07) is 4.82. The number of halogens is 1. The molecule has 1 fully saturated rings. The molecular formula is C15H14ClN3O5S. The number of rotatable bonds is 6. The van der Waals surface area contributed by atoms with Crippen molar-refractivity contribution in [2.75, 3.05) is 6.61 Å². The lowest BCUT2D eigenvalue weighted by Crippen LogP contribution is -2.26. The number of nitrogens with one attached hydrogen (secondary N) is 1. The number of nitrogens with zero attached hydrogens (tertiary/aromatic N) is 2. The molecule has 2 N–H and O–H groups in total. The van der Waals surface area contributed by atoms with E-state index in [1.54, 1.807) is 25.1 Å². The maximum absolute atomic E-state index is 12.0. The van der Waals surface area contributed by atoms with Crippen LogP contribution in [0.4, 0.5) is 0 Å². The van der Waals surface area contributed by atoms with Gasteiger partial charge in [0.2, 0.25) is 5.91 Å². The molecule has 132 valence electrons. The third kappa shape index (κ3) is 5.04. The molecule has 0 spiro atoms. The van der Waals surface area contributed by atoms with Gasteiger partial charge < -0.3 is 15.2 Å². The molecule has 0 aliphatic carbocycles. The Morgan fingerprint density at radius 1 is 1.48 bits per heavy atom. The number of carboxylic acid groups (broad SMARTS) is 1. The molecule has 8 nitrogen and oxygen atoms in total. The van der Waals surface area contributed by atoms with Crippen molar-refractivity contribution >= 4 is 52.6 Å². The summed E-state index contributed by atoms with van der Waals surface area (Å²) in [5.41, 5.74) is 0.577. The summed E-state index contributed by atoms with van der Waals surface area (Å²) in [6.07, 6.45) is 1.00. The van der Waals surface area contributed by atoms with Crippen LogP contribution in [0.1, 0.15) is 29.3 Å². The third-order valence-corrected chi connectivity index (χ3v) is 4.39. The lowest BCUT2D eigenvalue weighted by atomic mass is 10.1. The molecule has 0 radical (unpaired) electrons. The Labute approximate surface area is 152 Å². The zero-order valence-electron chi connectivity index (χ0n) is 13.1. The van der Waals surface area contributed by atoms with Crippen molar-refractivity contribution in [1.29, 1.82) is 0 Å². The molecule has 2 rings (SSSR count). The van der Waals surface area contributed by atoms with Crippen molar-refractivity contribution in [3.05, 3.63) is 34.3 Å². The lowest BCUT2D eigenvalue weighted by molar-refractivity contribution is -0.138. The highest BCUT2D eigenvalue weighted by Gasteiger charge is 2.32. The van der Waals surface area contributed by atoms with E-state index in [0.29, 0.717) is 5.56 Å². The Kier molecular flexibility index (Phi) is 6.54. The molecule has 25 heavy (non-hydrogen) atoms. The predicted molar refractivity (Wildman–Crippen MR) is 94.2 cm³/mol. The van der Waals surface area contributed by atoms with Gasteiger partial charge in [-0.1, -0.05) is 35.5 Å². The minimum Gasteiger partial charge on any atom is -0.481 e. The average molecular weight is 384 g/mol. The van der Waals surface area contributed by atoms with Gasteiger partial charge in [-0.15, -0.1) is 5.10 Å². The number of aliphatic carboxylic acids is 1. The number of esters is 1. The van der Waals surface area contributed by atoms with Crippen LogP contribution < -0.4 is 5.32 Å². The summed E-state index contributed by atoms with van der Waals surface area (Å²) in [7, 11) is 0. The number of hydrogen-bond acceptors (Lipinski definition) is 7. The van der Waals surface area contributed by atoms with Gasteiger partial charge in [0, 0.05) is 5.56 Å². The van der Waals surface area contributed by atoms with Crippen LogP contribution in [0, 0.1) is 0 Å². The number of hydrogen-bond donors (Lipinski definition) is 2. The van der Waals surface area contributed by atoms with E-state index in [0.717, 1.165) is 11.8 Å². The van der Waals surface area contributed by atoms with Gasteiger partial charge in [0.15, 0.2) is 5.17 Å². The second kappa shape index (κ2) is 8.63. The number of amides is 1. The zero-order chi connectivity index (χ0) is 18.4. The van der Waals surface area contributed by atoms with E-state index < -0.39 is 23.1 Å². The Morgan fingerprint density at radius 2 is 2.24 bits per heavy atom. The summed E-state index contributed by atoms with van der Waals surface area (Å²) in [5, 5.41) is 18.5. The minimum atomic E-state index is -1.07. The van der Waals surface area contributed by atoms with E-state index in [-0.39, 0.29) is 28.8 Å². The molecule has 1 aliphatic heterocycles. The third-order valence-electron chi connectivity index (χ3n) is 3.01. The van der Waals surface area contributed by atoms with Crippen molar-refractivity contribution in [3.8, 4) is 0 Å². The standard InChI is InChI=1S/C15H14ClN3O5S/c1-2-24-14(23)12-8(4-3-5-9(12)16)7-17-19-15-18-13(22)10(25-15)6-11(20)21/h3-5,7,10H,2,6H2,1H3,(H,20,21)(H,18,19,22). The van der Waals surface area contributed by atoms with E-state index in [1.165, 1.54) is 6.21 Å². The van der Waals surface area contributed by atoms with Gasteiger partial charge in [-0.25, -0.2) is 4.79 Å². The largest absolute Gasteiger partial charge is 0.481 e. The maximum atomic E-state index is 12.0. The molecule has 1 aromatic rings. The number of carboxylic acids is 1. The van der Waals surface area contributed by atoms with Crippen molar-refractivity contribution in [2.24, 2.45) is 10.2 Å². The fourth-order valence-electron chi connectivity index (χ4n) is 1.96. The quantitative estimate of drug-likeness (QED) is 0.440. The highest BCUT2D eigenvalue weighted by Crippen LogP contribution is 2.23. The number of carbonyl (C=O) groups is 3. The summed E-state index contributed by atoms with van der Waals surface area (Å²) in [5.74, 6) is -2.08. The van der Waals surface area contributed by atoms with Gasteiger partial charge in [0.25, 0.3) is 0 Å². The fourth-order valence-corrected chi connectivity index (χ4v) is 3.13. The van der Waals surface area contributed by atoms with Crippen molar-refractivity contribution in [3.63, 3.8) is 0 Å². The number of thioether (sulfide) groups is 1. The second-order valence-corrected chi connectivity index (χ2v) is 6.37. The first kappa shape index (κ1) is 18.9. The molecule has 0 bridgehead atoms. The van der Waals surface area contributed by atoms with E-state index in [4.69, 9.17) is 21.4 Å². The first-order chi connectivity index (χ1) is 11.9. The maximum Gasteiger partial charge on any atom is 0.340 e. The van der Waals surface area contributed by atoms with Crippen LogP contribution in [0.25, 0.3) is 0 Å². The normalized spacial score (nSPS) is 18.6. The van der Waals surface area contributed by atoms with Gasteiger partial charge in [-0.05, 0) is 13.0 Å². The van der Waals surface area contributed by atoms with E-state index in [9.17, 15) is 14.4 Å². The molecular weight excluding hydrogens is 370 g/mol. The summed E-state index contributed by atoms with van der Waals surface area (Å²) in [4.78, 5) is 34.3. The Balaban J connectivity index is 2.15. The lowest BCUT2D eigenvalue weighted by Gasteiger charge is -2.06. The van der Waals surface area contributed by atoms with Gasteiger partial charge in [0.05, 0.1) is 29.8 Å².